The van der Waals surface area contributed by atoms with E-state index in [2.05, 4.69) is 46.9 Å². The minimum Gasteiger partial charge on any atom is -0.462 e. The molecule has 1 aromatic rings. The molecule has 4 aliphatic rings. The van der Waals surface area contributed by atoms with Crippen molar-refractivity contribution in [3.8, 4) is 0 Å². The van der Waals surface area contributed by atoms with Crippen LogP contribution in [0.2, 0.25) is 0 Å². The van der Waals surface area contributed by atoms with Crippen molar-refractivity contribution in [3.63, 3.8) is 0 Å². The van der Waals surface area contributed by atoms with Crippen molar-refractivity contribution in [3.05, 3.63) is 41.2 Å². The maximum atomic E-state index is 14.0. The summed E-state index contributed by atoms with van der Waals surface area (Å²) in [6, 6.07) is 6.38. The van der Waals surface area contributed by atoms with Gasteiger partial charge in [-0.05, 0) is 104 Å². The fraction of sp³-hybridized carbons (Fsp3) is 0.714. The Morgan fingerprint density at radius 3 is 2.42 bits per heavy atom. The predicted octanol–water partition coefficient (Wildman–Crippen LogP) is 8.86. The molecule has 4 nitrogen and oxygen atoms in total. The molecule has 0 radical (unpaired) electrons. The van der Waals surface area contributed by atoms with Gasteiger partial charge in [-0.2, -0.15) is 0 Å². The van der Waals surface area contributed by atoms with Crippen LogP contribution in [0.5, 0.6) is 0 Å². The molecule has 0 unspecified atom stereocenters. The minimum atomic E-state index is -0.388. The van der Waals surface area contributed by atoms with Gasteiger partial charge in [-0.15, -0.1) is 0 Å². The molecule has 5 rings (SSSR count). The Balaban J connectivity index is 1.32. The van der Waals surface area contributed by atoms with Gasteiger partial charge in [-0.1, -0.05) is 64.8 Å². The predicted molar refractivity (Wildman–Crippen MR) is 158 cm³/mol. The van der Waals surface area contributed by atoms with Crippen LogP contribution in [-0.4, -0.2) is 18.0 Å². The van der Waals surface area contributed by atoms with Crippen molar-refractivity contribution in [1.29, 1.82) is 0 Å². The molecular formula is C35H50FNO3. The van der Waals surface area contributed by atoms with Crippen molar-refractivity contribution in [2.75, 3.05) is 5.32 Å². The molecule has 0 aromatic heterocycles. The maximum Gasteiger partial charge on any atom is 0.302 e. The Morgan fingerprint density at radius 1 is 1.00 bits per heavy atom. The normalized spacial score (nSPS) is 37.1. The number of esters is 1. The Bertz CT molecular complexity index is 1200. The van der Waals surface area contributed by atoms with Gasteiger partial charge in [0, 0.05) is 18.8 Å². The van der Waals surface area contributed by atoms with Gasteiger partial charge in [0.1, 0.15) is 11.9 Å². The van der Waals surface area contributed by atoms with E-state index in [1.165, 1.54) is 38.2 Å². The lowest BCUT2D eigenvalue weighted by Gasteiger charge is -2.62. The quantitative estimate of drug-likeness (QED) is 0.284. The summed E-state index contributed by atoms with van der Waals surface area (Å²) in [6.07, 6.45) is 10.4. The second-order valence-corrected chi connectivity index (χ2v) is 14.9. The van der Waals surface area contributed by atoms with Gasteiger partial charge in [0.25, 0.3) is 0 Å². The average Bonchev–Trinajstić information content (AvgIpc) is 3.17. The van der Waals surface area contributed by atoms with Crippen molar-refractivity contribution in [2.45, 2.75) is 119 Å². The number of hydrogen-bond donors (Lipinski definition) is 1. The number of amides is 1. The highest BCUT2D eigenvalue weighted by Crippen LogP contribution is 2.72. The Labute approximate surface area is 240 Å². The highest BCUT2D eigenvalue weighted by Gasteiger charge is 2.63. The number of para-hydroxylation sites is 1. The van der Waals surface area contributed by atoms with E-state index in [9.17, 15) is 14.0 Å². The van der Waals surface area contributed by atoms with E-state index < -0.39 is 0 Å². The van der Waals surface area contributed by atoms with Gasteiger partial charge >= 0.3 is 5.97 Å². The lowest BCUT2D eigenvalue weighted by Crippen LogP contribution is -2.55. The summed E-state index contributed by atoms with van der Waals surface area (Å²) in [5.41, 5.74) is 4.30. The molecule has 40 heavy (non-hydrogen) atoms. The van der Waals surface area contributed by atoms with E-state index in [1.54, 1.807) is 36.3 Å². The fourth-order valence-corrected chi connectivity index (χ4v) is 10.4. The zero-order valence-corrected chi connectivity index (χ0v) is 25.8. The largest absolute Gasteiger partial charge is 0.462 e. The molecule has 1 amide bonds. The van der Waals surface area contributed by atoms with Crippen molar-refractivity contribution in [1.82, 2.24) is 0 Å². The summed E-state index contributed by atoms with van der Waals surface area (Å²) in [6.45, 7) is 16.2. The van der Waals surface area contributed by atoms with Gasteiger partial charge in [0.05, 0.1) is 5.69 Å². The van der Waals surface area contributed by atoms with Crippen LogP contribution < -0.4 is 5.32 Å². The van der Waals surface area contributed by atoms with Gasteiger partial charge in [0.15, 0.2) is 0 Å². The first kappa shape index (κ1) is 29.3. The number of ether oxygens (including phenoxy) is 1. The summed E-state index contributed by atoms with van der Waals surface area (Å²) < 4.78 is 19.9. The number of allylic oxidation sites excluding steroid dienone is 2. The van der Waals surface area contributed by atoms with E-state index in [-0.39, 0.29) is 51.1 Å². The second kappa shape index (κ2) is 10.3. The molecule has 7 atom stereocenters. The summed E-state index contributed by atoms with van der Waals surface area (Å²) in [7, 11) is 0. The molecule has 1 aromatic carbocycles. The number of carbonyl (C=O) groups is 2. The van der Waals surface area contributed by atoms with Crippen LogP contribution in [0.1, 0.15) is 113 Å². The molecule has 1 N–H and O–H groups in total. The van der Waals surface area contributed by atoms with Crippen LogP contribution in [0.25, 0.3) is 0 Å². The standard InChI is InChI=1S/C35H50FNO3/c1-22(12-15-31(39)37-28-11-9-8-10-27(28)36)24-16-20-35(7)26-13-14-29-32(3,4)30(40-23(2)38)18-19-33(29,5)25(26)17-21-34(24,35)6/h8-11,22,24,29-30H,12-21H2,1-7H3,(H,37,39)/t22-,24-,29+,30+,33-,34-,35+/m1/s1. The summed E-state index contributed by atoms with van der Waals surface area (Å²) in [5, 5.41) is 2.77. The molecule has 2 fully saturated rings. The van der Waals surface area contributed by atoms with Crippen LogP contribution in [0.3, 0.4) is 0 Å². The Kier molecular flexibility index (Phi) is 7.53. The minimum absolute atomic E-state index is 0.00182. The number of nitrogens with one attached hydrogen (secondary N) is 1. The Hall–Kier alpha value is -2.17. The molecule has 220 valence electrons. The van der Waals surface area contributed by atoms with Gasteiger partial charge in [0.2, 0.25) is 5.91 Å². The molecule has 0 bridgehead atoms. The average molecular weight is 552 g/mol. The highest BCUT2D eigenvalue weighted by atomic mass is 19.1. The third-order valence-electron chi connectivity index (χ3n) is 12.7. The molecule has 0 aliphatic heterocycles. The number of benzene rings is 1. The summed E-state index contributed by atoms with van der Waals surface area (Å²) in [5.74, 6) is 0.888. The molecule has 4 aliphatic carbocycles. The highest BCUT2D eigenvalue weighted by molar-refractivity contribution is 5.90. The molecule has 0 heterocycles. The van der Waals surface area contributed by atoms with E-state index in [4.69, 9.17) is 4.74 Å². The van der Waals surface area contributed by atoms with E-state index in [1.807, 2.05) is 0 Å². The molecule has 0 spiro atoms. The zero-order valence-electron chi connectivity index (χ0n) is 25.8. The van der Waals surface area contributed by atoms with Crippen LogP contribution in [0.15, 0.2) is 35.4 Å². The first-order valence-corrected chi connectivity index (χ1v) is 15.7. The van der Waals surface area contributed by atoms with E-state index in [0.29, 0.717) is 24.2 Å². The number of carbonyl (C=O) groups excluding carboxylic acids is 2. The van der Waals surface area contributed by atoms with Gasteiger partial charge in [-0.25, -0.2) is 4.39 Å². The van der Waals surface area contributed by atoms with Crippen molar-refractivity contribution < 1.29 is 18.7 Å². The number of hydrogen-bond acceptors (Lipinski definition) is 3. The van der Waals surface area contributed by atoms with Crippen LogP contribution in [0, 0.1) is 45.2 Å². The first-order chi connectivity index (χ1) is 18.7. The number of rotatable bonds is 6. The van der Waals surface area contributed by atoms with Crippen LogP contribution in [-0.2, 0) is 14.3 Å². The number of fused-ring (bicyclic) bond motifs is 4. The van der Waals surface area contributed by atoms with Crippen LogP contribution >= 0.6 is 0 Å². The molecular weight excluding hydrogens is 501 g/mol. The number of halogens is 1. The van der Waals surface area contributed by atoms with Crippen molar-refractivity contribution in [2.24, 2.45) is 39.4 Å². The zero-order chi connectivity index (χ0) is 29.1. The lowest BCUT2D eigenvalue weighted by molar-refractivity contribution is -0.167. The van der Waals surface area contributed by atoms with Crippen molar-refractivity contribution >= 4 is 17.6 Å². The van der Waals surface area contributed by atoms with E-state index >= 15 is 0 Å². The SMILES string of the molecule is CC(=O)O[C@H]1CC[C@]2(C)C3=C(CC[C@H]2C1(C)C)[C@]1(C)CC[C@H]([C@H](C)CCC(=O)Nc2ccccc2F)[C@@]1(C)CC3. The van der Waals surface area contributed by atoms with E-state index in [0.717, 1.165) is 25.7 Å². The molecule has 0 saturated heterocycles. The fourth-order valence-electron chi connectivity index (χ4n) is 10.4. The third kappa shape index (κ3) is 4.54. The first-order valence-electron chi connectivity index (χ1n) is 15.7. The summed E-state index contributed by atoms with van der Waals surface area (Å²) in [4.78, 5) is 24.6. The van der Waals surface area contributed by atoms with Gasteiger partial charge in [-0.3, -0.25) is 9.59 Å². The second-order valence-electron chi connectivity index (χ2n) is 14.9. The topological polar surface area (TPSA) is 55.4 Å². The van der Waals surface area contributed by atoms with Gasteiger partial charge < -0.3 is 10.1 Å². The monoisotopic (exact) mass is 551 g/mol. The smallest absolute Gasteiger partial charge is 0.302 e. The lowest BCUT2D eigenvalue weighted by atomic mass is 9.43. The van der Waals surface area contributed by atoms with Crippen LogP contribution in [0.4, 0.5) is 10.1 Å². The summed E-state index contributed by atoms with van der Waals surface area (Å²) >= 11 is 0. The maximum absolute atomic E-state index is 14.0. The molecule has 2 saturated carbocycles. The molecule has 5 heteroatoms. The number of anilines is 1. The third-order valence-corrected chi connectivity index (χ3v) is 12.7. The Morgan fingerprint density at radius 2 is 1.73 bits per heavy atom.